The van der Waals surface area contributed by atoms with Crippen LogP contribution in [-0.2, 0) is 17.9 Å². The molecule has 0 aromatic heterocycles. The van der Waals surface area contributed by atoms with Crippen molar-refractivity contribution in [3.63, 3.8) is 0 Å². The van der Waals surface area contributed by atoms with Crippen LogP contribution in [0.25, 0.3) is 0 Å². The van der Waals surface area contributed by atoms with Gasteiger partial charge in [-0.3, -0.25) is 4.79 Å². The van der Waals surface area contributed by atoms with E-state index in [2.05, 4.69) is 54.8 Å². The number of aryl methyl sites for hydroxylation is 1. The van der Waals surface area contributed by atoms with Crippen LogP contribution in [0.4, 0.5) is 11.4 Å². The van der Waals surface area contributed by atoms with Gasteiger partial charge in [0.15, 0.2) is 0 Å². The van der Waals surface area contributed by atoms with Gasteiger partial charge < -0.3 is 15.5 Å². The molecule has 2 aromatic carbocycles. The highest BCUT2D eigenvalue weighted by Gasteiger charge is 2.04. The summed E-state index contributed by atoms with van der Waals surface area (Å²) in [6.07, 6.45) is 0. The third-order valence-electron chi connectivity index (χ3n) is 3.50. The molecule has 0 unspecified atom stereocenters. The Kier molecular flexibility index (Phi) is 5.77. The first-order valence-corrected chi connectivity index (χ1v) is 7.78. The van der Waals surface area contributed by atoms with Gasteiger partial charge >= 0.3 is 0 Å². The third-order valence-corrected chi connectivity index (χ3v) is 3.50. The number of anilines is 2. The summed E-state index contributed by atoms with van der Waals surface area (Å²) in [6.45, 7) is 5.29. The van der Waals surface area contributed by atoms with Crippen LogP contribution in [-0.4, -0.2) is 24.9 Å². The van der Waals surface area contributed by atoms with Gasteiger partial charge in [0.1, 0.15) is 0 Å². The van der Waals surface area contributed by atoms with E-state index in [4.69, 9.17) is 0 Å². The molecule has 1 amide bonds. The first-order chi connectivity index (χ1) is 10.9. The van der Waals surface area contributed by atoms with Crippen LogP contribution in [0.2, 0.25) is 0 Å². The molecule has 4 heteroatoms. The van der Waals surface area contributed by atoms with Crippen molar-refractivity contribution in [2.45, 2.75) is 26.9 Å². The monoisotopic (exact) mass is 311 g/mol. The summed E-state index contributed by atoms with van der Waals surface area (Å²) in [5.41, 5.74) is 5.73. The van der Waals surface area contributed by atoms with Crippen LogP contribution >= 0.6 is 0 Å². The van der Waals surface area contributed by atoms with Crippen LogP contribution in [0.5, 0.6) is 0 Å². The lowest BCUT2D eigenvalue weighted by molar-refractivity contribution is -0.114. The molecule has 0 radical (unpaired) electrons. The quantitative estimate of drug-likeness (QED) is 0.856. The predicted octanol–water partition coefficient (Wildman–Crippen LogP) is 3.63. The molecule has 0 aliphatic heterocycles. The van der Waals surface area contributed by atoms with Gasteiger partial charge in [-0.15, -0.1) is 0 Å². The second kappa shape index (κ2) is 7.79. The van der Waals surface area contributed by atoms with E-state index in [1.807, 2.05) is 24.3 Å². The van der Waals surface area contributed by atoms with Gasteiger partial charge in [0, 0.05) is 31.4 Å². The molecule has 0 heterocycles. The van der Waals surface area contributed by atoms with Crippen LogP contribution in [0.3, 0.4) is 0 Å². The average Bonchev–Trinajstić information content (AvgIpc) is 2.47. The van der Waals surface area contributed by atoms with Gasteiger partial charge in [-0.1, -0.05) is 29.8 Å². The standard InChI is InChI=1S/C19H25N3O/c1-14-5-10-19(17(11-14)13-22(3)4)20-12-16-6-8-18(9-7-16)21-15(2)23/h5-11,20H,12-13H2,1-4H3,(H,21,23). The van der Waals surface area contributed by atoms with Crippen molar-refractivity contribution in [1.29, 1.82) is 0 Å². The molecule has 0 saturated heterocycles. The van der Waals surface area contributed by atoms with Crippen LogP contribution in [0, 0.1) is 6.92 Å². The molecule has 0 spiro atoms. The van der Waals surface area contributed by atoms with Crippen molar-refractivity contribution < 1.29 is 4.79 Å². The van der Waals surface area contributed by atoms with Gasteiger partial charge in [0.25, 0.3) is 0 Å². The van der Waals surface area contributed by atoms with E-state index >= 15 is 0 Å². The maximum absolute atomic E-state index is 11.0. The molecule has 23 heavy (non-hydrogen) atoms. The number of nitrogens with one attached hydrogen (secondary N) is 2. The lowest BCUT2D eigenvalue weighted by atomic mass is 10.1. The largest absolute Gasteiger partial charge is 0.381 e. The number of hydrogen-bond acceptors (Lipinski definition) is 3. The topological polar surface area (TPSA) is 44.4 Å². The molecule has 0 fully saturated rings. The van der Waals surface area contributed by atoms with Crippen molar-refractivity contribution in [2.24, 2.45) is 0 Å². The summed E-state index contributed by atoms with van der Waals surface area (Å²) < 4.78 is 0. The van der Waals surface area contributed by atoms with Crippen LogP contribution in [0.1, 0.15) is 23.6 Å². The van der Waals surface area contributed by atoms with Crippen LogP contribution in [0.15, 0.2) is 42.5 Å². The maximum Gasteiger partial charge on any atom is 0.221 e. The molecule has 0 atom stereocenters. The predicted molar refractivity (Wildman–Crippen MR) is 96.6 cm³/mol. The molecule has 122 valence electrons. The maximum atomic E-state index is 11.0. The second-order valence-electron chi connectivity index (χ2n) is 6.13. The van der Waals surface area contributed by atoms with E-state index < -0.39 is 0 Å². The van der Waals surface area contributed by atoms with E-state index in [0.717, 1.165) is 24.5 Å². The average molecular weight is 311 g/mol. The fourth-order valence-electron chi connectivity index (χ4n) is 2.47. The number of nitrogens with zero attached hydrogens (tertiary/aromatic N) is 1. The molecule has 4 nitrogen and oxygen atoms in total. The third kappa shape index (κ3) is 5.42. The Morgan fingerprint density at radius 1 is 1.09 bits per heavy atom. The van der Waals surface area contributed by atoms with E-state index in [9.17, 15) is 4.79 Å². The van der Waals surface area contributed by atoms with Gasteiger partial charge in [-0.05, 0) is 50.3 Å². The molecule has 0 aliphatic carbocycles. The lowest BCUT2D eigenvalue weighted by Crippen LogP contribution is -2.13. The smallest absolute Gasteiger partial charge is 0.221 e. The highest BCUT2D eigenvalue weighted by molar-refractivity contribution is 5.88. The number of hydrogen-bond donors (Lipinski definition) is 2. The Bertz CT molecular complexity index is 663. The molecular formula is C19H25N3O. The van der Waals surface area contributed by atoms with E-state index in [0.29, 0.717) is 0 Å². The minimum Gasteiger partial charge on any atom is -0.381 e. The minimum atomic E-state index is -0.0520. The van der Waals surface area contributed by atoms with Gasteiger partial charge in [0.05, 0.1) is 0 Å². The van der Waals surface area contributed by atoms with Crippen molar-refractivity contribution in [3.05, 3.63) is 59.2 Å². The summed E-state index contributed by atoms with van der Waals surface area (Å²) in [7, 11) is 4.15. The van der Waals surface area contributed by atoms with Gasteiger partial charge in [0.2, 0.25) is 5.91 Å². The normalized spacial score (nSPS) is 10.7. The number of carbonyl (C=O) groups excluding carboxylic acids is 1. The molecular weight excluding hydrogens is 286 g/mol. The van der Waals surface area contributed by atoms with Crippen molar-refractivity contribution in [2.75, 3.05) is 24.7 Å². The van der Waals surface area contributed by atoms with Crippen molar-refractivity contribution >= 4 is 17.3 Å². The number of benzene rings is 2. The molecule has 2 rings (SSSR count). The SMILES string of the molecule is CC(=O)Nc1ccc(CNc2ccc(C)cc2CN(C)C)cc1. The van der Waals surface area contributed by atoms with Crippen molar-refractivity contribution in [1.82, 2.24) is 4.90 Å². The van der Waals surface area contributed by atoms with Gasteiger partial charge in [-0.2, -0.15) is 0 Å². The Morgan fingerprint density at radius 3 is 2.39 bits per heavy atom. The Morgan fingerprint density at radius 2 is 1.78 bits per heavy atom. The number of amides is 1. The zero-order chi connectivity index (χ0) is 16.8. The molecule has 2 aromatic rings. The second-order valence-corrected chi connectivity index (χ2v) is 6.13. The summed E-state index contributed by atoms with van der Waals surface area (Å²) in [6, 6.07) is 14.4. The Labute approximate surface area is 138 Å². The van der Waals surface area contributed by atoms with Crippen molar-refractivity contribution in [3.8, 4) is 0 Å². The molecule has 0 aliphatic rings. The van der Waals surface area contributed by atoms with E-state index in [1.165, 1.54) is 23.6 Å². The highest BCUT2D eigenvalue weighted by atomic mass is 16.1. The fraction of sp³-hybridized carbons (Fsp3) is 0.316. The zero-order valence-electron chi connectivity index (χ0n) is 14.3. The minimum absolute atomic E-state index is 0.0520. The van der Waals surface area contributed by atoms with Gasteiger partial charge in [-0.25, -0.2) is 0 Å². The number of rotatable bonds is 6. The molecule has 0 bridgehead atoms. The Hall–Kier alpha value is -2.33. The first kappa shape index (κ1) is 17.0. The number of carbonyl (C=O) groups is 1. The van der Waals surface area contributed by atoms with Crippen LogP contribution < -0.4 is 10.6 Å². The fourth-order valence-corrected chi connectivity index (χ4v) is 2.47. The highest BCUT2D eigenvalue weighted by Crippen LogP contribution is 2.20. The Balaban J connectivity index is 2.04. The summed E-state index contributed by atoms with van der Waals surface area (Å²) >= 11 is 0. The first-order valence-electron chi connectivity index (χ1n) is 7.78. The lowest BCUT2D eigenvalue weighted by Gasteiger charge is -2.16. The van der Waals surface area contributed by atoms with E-state index in [-0.39, 0.29) is 5.91 Å². The summed E-state index contributed by atoms with van der Waals surface area (Å²) in [5.74, 6) is -0.0520. The summed E-state index contributed by atoms with van der Waals surface area (Å²) in [5, 5.41) is 6.29. The zero-order valence-corrected chi connectivity index (χ0v) is 14.3. The summed E-state index contributed by atoms with van der Waals surface area (Å²) in [4.78, 5) is 13.2. The molecule has 0 saturated carbocycles. The molecule has 2 N–H and O–H groups in total. The van der Waals surface area contributed by atoms with E-state index in [1.54, 1.807) is 0 Å².